The number of alkyl carbamates (subject to hydrolysis) is 1. The molecule has 3 aliphatic rings. The van der Waals surface area contributed by atoms with Crippen LogP contribution in [0.3, 0.4) is 0 Å². The van der Waals surface area contributed by atoms with Crippen molar-refractivity contribution in [2.75, 3.05) is 33.7 Å². The first-order valence-corrected chi connectivity index (χ1v) is 22.4. The summed E-state index contributed by atoms with van der Waals surface area (Å²) in [5.74, 6) is -0.431. The molecule has 0 spiro atoms. The Morgan fingerprint density at radius 1 is 1.10 bits per heavy atom. The minimum Gasteiger partial charge on any atom is -0.457 e. The van der Waals surface area contributed by atoms with E-state index in [1.807, 2.05) is 39.8 Å². The Morgan fingerprint density at radius 2 is 1.80 bits per heavy atom. The van der Waals surface area contributed by atoms with Crippen molar-refractivity contribution in [3.05, 3.63) is 48.6 Å². The van der Waals surface area contributed by atoms with Crippen LogP contribution >= 0.6 is 0 Å². The molecular weight excluding hydrogens is 767 g/mol. The van der Waals surface area contributed by atoms with Gasteiger partial charge < -0.3 is 44.6 Å². The quantitative estimate of drug-likeness (QED) is 0.0313. The molecule has 3 amide bonds. The molecule has 4 N–H and O–H groups in total. The first-order valence-electron chi connectivity index (χ1n) is 22.4. The number of allylic oxidation sites excluding steroid dienone is 4. The predicted octanol–water partition coefficient (Wildman–Crippen LogP) is 6.41. The number of carbonyl (C=O) groups excluding carboxylic acids is 4. The number of rotatable bonds is 22. The fraction of sp³-hybridized carbons (Fsp3) is 0.745. The predicted molar refractivity (Wildman–Crippen MR) is 233 cm³/mol. The molecule has 2 fully saturated rings. The van der Waals surface area contributed by atoms with E-state index in [9.17, 15) is 34.5 Å². The number of hydrogen-bond acceptors (Lipinski definition) is 10. The largest absolute Gasteiger partial charge is 0.457 e. The Morgan fingerprint density at radius 3 is 2.47 bits per heavy atom. The second-order valence-electron chi connectivity index (χ2n) is 18.1. The average Bonchev–Trinajstić information content (AvgIpc) is 4.15. The SMILES string of the molecule is C=CCCCC(=O)N(C)CCN(C)C(=O)C1(CCCCNC(=O)OC2/C=C/C(C)C(/C(C)=C/C=C/C(C)CC3OC3C(C)C(O)CC)OC(=O)CC(O)CCC2(C)O)CC1. The zero-order chi connectivity index (χ0) is 44.6. The maximum atomic E-state index is 13.3. The number of likely N-dealkylation sites (N-methyl/N-ethyl adjacent to an activating group) is 2. The molecule has 2 heterocycles. The molecule has 0 aromatic carbocycles. The third-order valence-electron chi connectivity index (χ3n) is 12.6. The Bertz CT molecular complexity index is 1510. The van der Waals surface area contributed by atoms with E-state index in [1.54, 1.807) is 49.0 Å². The van der Waals surface area contributed by atoms with Gasteiger partial charge in [-0.1, -0.05) is 64.5 Å². The summed E-state index contributed by atoms with van der Waals surface area (Å²) in [7, 11) is 3.56. The molecule has 13 nitrogen and oxygen atoms in total. The van der Waals surface area contributed by atoms with Crippen LogP contribution in [0.1, 0.15) is 125 Å². The lowest BCUT2D eigenvalue weighted by molar-refractivity contribution is -0.151. The molecule has 10 unspecified atom stereocenters. The normalized spacial score (nSPS) is 28.9. The van der Waals surface area contributed by atoms with E-state index in [0.717, 1.165) is 44.1 Å². The van der Waals surface area contributed by atoms with Gasteiger partial charge in [0.25, 0.3) is 0 Å². The van der Waals surface area contributed by atoms with Gasteiger partial charge in [-0.25, -0.2) is 4.79 Å². The topological polar surface area (TPSA) is 178 Å². The van der Waals surface area contributed by atoms with Gasteiger partial charge in [0.15, 0.2) is 6.10 Å². The lowest BCUT2D eigenvalue weighted by Gasteiger charge is -2.32. The van der Waals surface area contributed by atoms with Gasteiger partial charge in [0.2, 0.25) is 11.8 Å². The summed E-state index contributed by atoms with van der Waals surface area (Å²) in [6.45, 7) is 16.4. The van der Waals surface area contributed by atoms with Gasteiger partial charge in [0.05, 0.1) is 30.8 Å². The van der Waals surface area contributed by atoms with Crippen LogP contribution in [-0.4, -0.2) is 125 Å². The molecule has 13 heteroatoms. The standard InChI is InChI=1S/C47H77N3O10/c1-10-12-13-19-40(53)49(8)28-29-50(9)44(55)47(25-26-47)23-14-15-27-48-45(56)59-39-21-20-34(5)42(60-41(54)31-36(51)22-24-46(39,7)57)33(4)18-16-17-32(3)30-38-43(58-38)35(6)37(52)11-2/h10,16-18,20-21,32,34-39,42-43,51-52,57H,1,11-15,19,22-31H2,2-9H3,(H,48,56)/b17-16+,21-20+,33-18+. The number of esters is 1. The van der Waals surface area contributed by atoms with E-state index >= 15 is 0 Å². The van der Waals surface area contributed by atoms with Crippen molar-refractivity contribution in [3.8, 4) is 0 Å². The van der Waals surface area contributed by atoms with Crippen LogP contribution in [0.2, 0.25) is 0 Å². The number of cyclic esters (lactones) is 1. The number of ether oxygens (including phenoxy) is 3. The molecule has 2 aliphatic heterocycles. The number of amides is 3. The average molecular weight is 844 g/mol. The lowest BCUT2D eigenvalue weighted by atomic mass is 9.88. The minimum absolute atomic E-state index is 0.0627. The van der Waals surface area contributed by atoms with E-state index in [0.29, 0.717) is 45.3 Å². The highest BCUT2D eigenvalue weighted by Crippen LogP contribution is 2.51. The molecule has 0 bridgehead atoms. The summed E-state index contributed by atoms with van der Waals surface area (Å²) < 4.78 is 17.5. The second-order valence-corrected chi connectivity index (χ2v) is 18.1. The molecule has 1 saturated carbocycles. The molecule has 3 rings (SSSR count). The zero-order valence-corrected chi connectivity index (χ0v) is 37.8. The first kappa shape index (κ1) is 50.8. The number of hydrogen-bond donors (Lipinski definition) is 4. The third-order valence-corrected chi connectivity index (χ3v) is 12.6. The summed E-state index contributed by atoms with van der Waals surface area (Å²) in [4.78, 5) is 55.1. The van der Waals surface area contributed by atoms with Crippen LogP contribution in [0.15, 0.2) is 48.6 Å². The van der Waals surface area contributed by atoms with Gasteiger partial charge in [-0.3, -0.25) is 14.4 Å². The molecule has 1 saturated heterocycles. The van der Waals surface area contributed by atoms with Gasteiger partial charge in [0, 0.05) is 57.4 Å². The molecule has 0 radical (unpaired) electrons. The van der Waals surface area contributed by atoms with Crippen molar-refractivity contribution < 1.29 is 48.7 Å². The monoisotopic (exact) mass is 844 g/mol. The fourth-order valence-electron chi connectivity index (χ4n) is 7.96. The molecule has 60 heavy (non-hydrogen) atoms. The van der Waals surface area contributed by atoms with Crippen molar-refractivity contribution in [1.29, 1.82) is 0 Å². The number of epoxide rings is 1. The van der Waals surface area contributed by atoms with Crippen molar-refractivity contribution in [1.82, 2.24) is 15.1 Å². The molecular formula is C47H77N3O10. The number of carbonyl (C=O) groups is 4. The molecule has 0 aromatic heterocycles. The Labute approximate surface area is 359 Å². The van der Waals surface area contributed by atoms with Crippen LogP contribution in [0.25, 0.3) is 0 Å². The number of aliphatic hydroxyl groups excluding tert-OH is 2. The van der Waals surface area contributed by atoms with E-state index in [1.165, 1.54) is 0 Å². The third kappa shape index (κ3) is 16.4. The highest BCUT2D eigenvalue weighted by molar-refractivity contribution is 5.85. The Kier molecular flexibility index (Phi) is 20.5. The van der Waals surface area contributed by atoms with Crippen LogP contribution in [0, 0.1) is 23.2 Å². The number of nitrogens with one attached hydrogen (secondary N) is 1. The van der Waals surface area contributed by atoms with E-state index < -0.39 is 36.0 Å². The maximum absolute atomic E-state index is 13.3. The second kappa shape index (κ2) is 24.2. The van der Waals surface area contributed by atoms with Gasteiger partial charge in [-0.15, -0.1) is 6.58 Å². The summed E-state index contributed by atoms with van der Waals surface area (Å²) >= 11 is 0. The Balaban J connectivity index is 1.53. The number of aliphatic hydroxyl groups is 3. The van der Waals surface area contributed by atoms with Gasteiger partial charge in [-0.05, 0) is 95.6 Å². The number of nitrogens with zero attached hydrogens (tertiary/aromatic N) is 2. The number of unbranched alkanes of at least 4 members (excludes halogenated alkanes) is 2. The van der Waals surface area contributed by atoms with Crippen molar-refractivity contribution in [2.45, 2.75) is 167 Å². The summed E-state index contributed by atoms with van der Waals surface area (Å²) in [5, 5.41) is 35.1. The summed E-state index contributed by atoms with van der Waals surface area (Å²) in [5.41, 5.74) is -1.14. The zero-order valence-electron chi connectivity index (χ0n) is 37.8. The summed E-state index contributed by atoms with van der Waals surface area (Å²) in [6.07, 6.45) is 14.7. The fourth-order valence-corrected chi connectivity index (χ4v) is 7.96. The van der Waals surface area contributed by atoms with Crippen molar-refractivity contribution in [3.63, 3.8) is 0 Å². The van der Waals surface area contributed by atoms with Crippen molar-refractivity contribution in [2.24, 2.45) is 23.2 Å². The highest BCUT2D eigenvalue weighted by atomic mass is 16.6. The van der Waals surface area contributed by atoms with Crippen LogP contribution in [-0.2, 0) is 28.6 Å². The van der Waals surface area contributed by atoms with Crippen LogP contribution < -0.4 is 5.32 Å². The van der Waals surface area contributed by atoms with Gasteiger partial charge in [0.1, 0.15) is 11.7 Å². The molecule has 10 atom stereocenters. The maximum Gasteiger partial charge on any atom is 0.407 e. The van der Waals surface area contributed by atoms with Crippen LogP contribution in [0.5, 0.6) is 0 Å². The highest BCUT2D eigenvalue weighted by Gasteiger charge is 2.50. The lowest BCUT2D eigenvalue weighted by Crippen LogP contribution is -2.44. The van der Waals surface area contributed by atoms with Crippen LogP contribution in [0.4, 0.5) is 4.79 Å². The molecule has 0 aromatic rings. The van der Waals surface area contributed by atoms with Gasteiger partial charge >= 0.3 is 12.1 Å². The Hall–Kier alpha value is -3.52. The first-order chi connectivity index (χ1) is 28.3. The van der Waals surface area contributed by atoms with Gasteiger partial charge in [-0.2, -0.15) is 0 Å². The van der Waals surface area contributed by atoms with E-state index in [-0.39, 0.29) is 72.6 Å². The molecule has 340 valence electrons. The smallest absolute Gasteiger partial charge is 0.407 e. The van der Waals surface area contributed by atoms with E-state index in [2.05, 4.69) is 24.9 Å². The van der Waals surface area contributed by atoms with E-state index in [4.69, 9.17) is 14.2 Å². The molecule has 1 aliphatic carbocycles. The van der Waals surface area contributed by atoms with Crippen molar-refractivity contribution >= 4 is 23.9 Å². The minimum atomic E-state index is -1.54. The summed E-state index contributed by atoms with van der Waals surface area (Å²) in [6, 6.07) is 0.